The molecule has 1 aromatic rings. The second-order valence-corrected chi connectivity index (χ2v) is 6.36. The SMILES string of the molecule is O=C(CC1NCC2CCCC21)c1ccc2c(c1)OCCO2. The second kappa shape index (κ2) is 5.34. The summed E-state index contributed by atoms with van der Waals surface area (Å²) in [7, 11) is 0. The number of ether oxygens (including phenoxy) is 2. The maximum atomic E-state index is 12.5. The van der Waals surface area contributed by atoms with E-state index in [2.05, 4.69) is 5.32 Å². The first-order valence-corrected chi connectivity index (χ1v) is 7.97. The molecule has 112 valence electrons. The Morgan fingerprint density at radius 2 is 2.05 bits per heavy atom. The molecule has 4 nitrogen and oxygen atoms in total. The average molecular weight is 287 g/mol. The molecule has 0 radical (unpaired) electrons. The smallest absolute Gasteiger partial charge is 0.164 e. The molecule has 2 heterocycles. The summed E-state index contributed by atoms with van der Waals surface area (Å²) in [6.07, 6.45) is 4.52. The van der Waals surface area contributed by atoms with E-state index < -0.39 is 0 Å². The van der Waals surface area contributed by atoms with E-state index in [1.54, 1.807) is 0 Å². The largest absolute Gasteiger partial charge is 0.486 e. The van der Waals surface area contributed by atoms with E-state index in [9.17, 15) is 4.79 Å². The molecule has 0 bridgehead atoms. The number of rotatable bonds is 3. The second-order valence-electron chi connectivity index (χ2n) is 6.36. The molecule has 1 aromatic carbocycles. The van der Waals surface area contributed by atoms with Gasteiger partial charge in [-0.05, 0) is 49.4 Å². The number of benzene rings is 1. The Morgan fingerprint density at radius 3 is 2.95 bits per heavy atom. The van der Waals surface area contributed by atoms with Gasteiger partial charge in [0.2, 0.25) is 0 Å². The molecule has 1 saturated heterocycles. The molecule has 4 heteroatoms. The zero-order valence-electron chi connectivity index (χ0n) is 12.1. The normalized spacial score (nSPS) is 30.2. The van der Waals surface area contributed by atoms with Crippen molar-refractivity contribution in [1.82, 2.24) is 5.32 Å². The quantitative estimate of drug-likeness (QED) is 0.867. The van der Waals surface area contributed by atoms with Crippen LogP contribution in [-0.4, -0.2) is 31.6 Å². The van der Waals surface area contributed by atoms with Crippen LogP contribution in [0.3, 0.4) is 0 Å². The minimum Gasteiger partial charge on any atom is -0.486 e. The number of hydrogen-bond acceptors (Lipinski definition) is 4. The molecule has 1 N–H and O–H groups in total. The van der Waals surface area contributed by atoms with Gasteiger partial charge in [0, 0.05) is 18.0 Å². The maximum absolute atomic E-state index is 12.5. The molecule has 4 rings (SSSR count). The predicted molar refractivity (Wildman–Crippen MR) is 79.0 cm³/mol. The van der Waals surface area contributed by atoms with E-state index in [4.69, 9.17) is 9.47 Å². The Kier molecular flexibility index (Phi) is 3.34. The molecule has 3 aliphatic rings. The van der Waals surface area contributed by atoms with E-state index in [1.165, 1.54) is 19.3 Å². The molecule has 21 heavy (non-hydrogen) atoms. The highest BCUT2D eigenvalue weighted by Gasteiger charge is 2.39. The highest BCUT2D eigenvalue weighted by atomic mass is 16.6. The molecule has 2 fully saturated rings. The third-order valence-corrected chi connectivity index (χ3v) is 5.15. The Labute approximate surface area is 124 Å². The lowest BCUT2D eigenvalue weighted by Gasteiger charge is -2.20. The molecule has 0 amide bonds. The summed E-state index contributed by atoms with van der Waals surface area (Å²) in [5, 5.41) is 3.54. The first-order valence-electron chi connectivity index (χ1n) is 7.97. The third-order valence-electron chi connectivity index (χ3n) is 5.15. The summed E-state index contributed by atoms with van der Waals surface area (Å²) in [5.74, 6) is 3.14. The van der Waals surface area contributed by atoms with Crippen molar-refractivity contribution in [2.24, 2.45) is 11.8 Å². The van der Waals surface area contributed by atoms with Crippen molar-refractivity contribution in [2.75, 3.05) is 19.8 Å². The van der Waals surface area contributed by atoms with Gasteiger partial charge in [-0.25, -0.2) is 0 Å². The van der Waals surface area contributed by atoms with Gasteiger partial charge in [0.05, 0.1) is 0 Å². The summed E-state index contributed by atoms with van der Waals surface area (Å²) in [4.78, 5) is 12.5. The number of ketones is 1. The third kappa shape index (κ3) is 2.42. The zero-order chi connectivity index (χ0) is 14.2. The van der Waals surface area contributed by atoms with E-state index in [-0.39, 0.29) is 5.78 Å². The molecule has 3 atom stereocenters. The number of nitrogens with one attached hydrogen (secondary N) is 1. The van der Waals surface area contributed by atoms with Gasteiger partial charge in [-0.3, -0.25) is 4.79 Å². The Morgan fingerprint density at radius 1 is 1.19 bits per heavy atom. The summed E-state index contributed by atoms with van der Waals surface area (Å²) in [5.41, 5.74) is 0.738. The minimum absolute atomic E-state index is 0.206. The van der Waals surface area contributed by atoms with Crippen LogP contribution in [0.2, 0.25) is 0 Å². The van der Waals surface area contributed by atoms with Crippen LogP contribution in [-0.2, 0) is 0 Å². The van der Waals surface area contributed by atoms with Gasteiger partial charge in [0.1, 0.15) is 13.2 Å². The van der Waals surface area contributed by atoms with Crippen LogP contribution in [0, 0.1) is 11.8 Å². The van der Waals surface area contributed by atoms with Gasteiger partial charge >= 0.3 is 0 Å². The van der Waals surface area contributed by atoms with Gasteiger partial charge in [-0.15, -0.1) is 0 Å². The van der Waals surface area contributed by atoms with E-state index in [1.807, 2.05) is 18.2 Å². The lowest BCUT2D eigenvalue weighted by Crippen LogP contribution is -2.29. The lowest BCUT2D eigenvalue weighted by atomic mass is 9.90. The van der Waals surface area contributed by atoms with Crippen LogP contribution < -0.4 is 14.8 Å². The van der Waals surface area contributed by atoms with Crippen molar-refractivity contribution in [1.29, 1.82) is 0 Å². The van der Waals surface area contributed by atoms with E-state index >= 15 is 0 Å². The van der Waals surface area contributed by atoms with Crippen molar-refractivity contribution in [3.05, 3.63) is 23.8 Å². The molecule has 0 aromatic heterocycles. The summed E-state index contributed by atoms with van der Waals surface area (Å²) < 4.78 is 11.1. The fourth-order valence-corrected chi connectivity index (χ4v) is 4.06. The number of fused-ring (bicyclic) bond motifs is 2. The van der Waals surface area contributed by atoms with Crippen LogP contribution in [0.25, 0.3) is 0 Å². The minimum atomic E-state index is 0.206. The Balaban J connectivity index is 1.47. The zero-order valence-corrected chi connectivity index (χ0v) is 12.1. The van der Waals surface area contributed by atoms with Gasteiger partial charge < -0.3 is 14.8 Å². The summed E-state index contributed by atoms with van der Waals surface area (Å²) in [6, 6.07) is 5.90. The van der Waals surface area contributed by atoms with Crippen molar-refractivity contribution < 1.29 is 14.3 Å². The number of hydrogen-bond donors (Lipinski definition) is 1. The molecule has 1 aliphatic carbocycles. The topological polar surface area (TPSA) is 47.6 Å². The summed E-state index contributed by atoms with van der Waals surface area (Å²) in [6.45, 7) is 2.22. The fourth-order valence-electron chi connectivity index (χ4n) is 4.06. The molecule has 3 unspecified atom stereocenters. The van der Waals surface area contributed by atoms with Crippen molar-refractivity contribution in [3.63, 3.8) is 0 Å². The maximum Gasteiger partial charge on any atom is 0.164 e. The van der Waals surface area contributed by atoms with Crippen LogP contribution in [0.5, 0.6) is 11.5 Å². The molecule has 0 spiro atoms. The first-order chi connectivity index (χ1) is 10.3. The van der Waals surface area contributed by atoms with Crippen molar-refractivity contribution in [2.45, 2.75) is 31.7 Å². The predicted octanol–water partition coefficient (Wildman–Crippen LogP) is 2.42. The van der Waals surface area contributed by atoms with Gasteiger partial charge in [-0.2, -0.15) is 0 Å². The van der Waals surface area contributed by atoms with Crippen LogP contribution in [0.1, 0.15) is 36.0 Å². The lowest BCUT2D eigenvalue weighted by molar-refractivity contribution is 0.0962. The van der Waals surface area contributed by atoms with E-state index in [0.29, 0.717) is 37.3 Å². The molecule has 2 aliphatic heterocycles. The highest BCUT2D eigenvalue weighted by Crippen LogP contribution is 2.39. The summed E-state index contributed by atoms with van der Waals surface area (Å²) >= 11 is 0. The number of Topliss-reactive ketones (excluding diaryl/α,β-unsaturated/α-hetero) is 1. The van der Waals surface area contributed by atoms with Gasteiger partial charge in [0.15, 0.2) is 17.3 Å². The molecular formula is C17H21NO3. The van der Waals surface area contributed by atoms with Gasteiger partial charge in [-0.1, -0.05) is 6.42 Å². The first kappa shape index (κ1) is 13.1. The Bertz CT molecular complexity index is 557. The number of carbonyl (C=O) groups excluding carboxylic acids is 1. The average Bonchev–Trinajstić information content (AvgIpc) is 3.12. The fraction of sp³-hybridized carbons (Fsp3) is 0.588. The standard InChI is InChI=1S/C17H21NO3/c19-15(9-14-13-3-1-2-12(13)10-18-14)11-4-5-16-17(8-11)21-7-6-20-16/h4-5,8,12-14,18H,1-3,6-7,9-10H2. The van der Waals surface area contributed by atoms with Gasteiger partial charge in [0.25, 0.3) is 0 Å². The number of carbonyl (C=O) groups is 1. The monoisotopic (exact) mass is 287 g/mol. The van der Waals surface area contributed by atoms with Crippen molar-refractivity contribution >= 4 is 5.78 Å². The van der Waals surface area contributed by atoms with Crippen LogP contribution in [0.15, 0.2) is 18.2 Å². The van der Waals surface area contributed by atoms with Crippen molar-refractivity contribution in [3.8, 4) is 11.5 Å². The Hall–Kier alpha value is -1.55. The molecular weight excluding hydrogens is 266 g/mol. The molecule has 1 saturated carbocycles. The van der Waals surface area contributed by atoms with Crippen LogP contribution in [0.4, 0.5) is 0 Å². The highest BCUT2D eigenvalue weighted by molar-refractivity contribution is 5.97. The van der Waals surface area contributed by atoms with E-state index in [0.717, 1.165) is 23.8 Å². The van der Waals surface area contributed by atoms with Crippen LogP contribution >= 0.6 is 0 Å².